The number of benzene rings is 2. The minimum Gasteiger partial charge on any atom is -0.451 e. The lowest BCUT2D eigenvalue weighted by atomic mass is 10.1. The second-order valence-corrected chi connectivity index (χ2v) is 6.97. The normalized spacial score (nSPS) is 10.8. The van der Waals surface area contributed by atoms with Gasteiger partial charge in [0, 0.05) is 16.8 Å². The first kappa shape index (κ1) is 18.1. The number of aryl methyl sites for hydroxylation is 1. The van der Waals surface area contributed by atoms with Crippen molar-refractivity contribution in [2.24, 2.45) is 0 Å². The summed E-state index contributed by atoms with van der Waals surface area (Å²) in [6.07, 6.45) is 0. The first-order chi connectivity index (χ1) is 13.5. The maximum Gasteiger partial charge on any atom is 0.291 e. The van der Waals surface area contributed by atoms with Crippen LogP contribution in [0.4, 0.5) is 11.4 Å². The van der Waals surface area contributed by atoms with Gasteiger partial charge >= 0.3 is 0 Å². The first-order valence-electron chi connectivity index (χ1n) is 8.47. The number of halogens is 1. The molecule has 0 spiro atoms. The molecule has 28 heavy (non-hydrogen) atoms. The summed E-state index contributed by atoms with van der Waals surface area (Å²) in [5, 5.41) is 6.46. The summed E-state index contributed by atoms with van der Waals surface area (Å²) in [7, 11) is 0. The largest absolute Gasteiger partial charge is 0.451 e. The minimum absolute atomic E-state index is 0.201. The number of anilines is 2. The molecule has 0 unspecified atom stereocenters. The van der Waals surface area contributed by atoms with Gasteiger partial charge < -0.3 is 19.5 Å². The third kappa shape index (κ3) is 3.70. The number of para-hydroxylation sites is 1. The van der Waals surface area contributed by atoms with E-state index in [-0.39, 0.29) is 23.3 Å². The van der Waals surface area contributed by atoms with Crippen LogP contribution in [0.15, 0.2) is 74.2 Å². The van der Waals surface area contributed by atoms with Gasteiger partial charge in [0.25, 0.3) is 11.8 Å². The Bertz CT molecular complexity index is 1160. The van der Waals surface area contributed by atoms with Gasteiger partial charge in [-0.2, -0.15) is 0 Å². The van der Waals surface area contributed by atoms with Gasteiger partial charge in [-0.15, -0.1) is 0 Å². The fourth-order valence-electron chi connectivity index (χ4n) is 2.79. The molecule has 0 aliphatic rings. The van der Waals surface area contributed by atoms with Crippen molar-refractivity contribution in [2.45, 2.75) is 6.92 Å². The zero-order chi connectivity index (χ0) is 19.7. The molecule has 4 rings (SSSR count). The molecule has 0 radical (unpaired) electrons. The van der Waals surface area contributed by atoms with Gasteiger partial charge in [-0.3, -0.25) is 9.59 Å². The lowest BCUT2D eigenvalue weighted by molar-refractivity contribution is 0.0989. The van der Waals surface area contributed by atoms with Gasteiger partial charge in [-0.25, -0.2) is 0 Å². The predicted octanol–water partition coefficient (Wildman–Crippen LogP) is 5.60. The Hall–Kier alpha value is -3.32. The molecule has 2 N–H and O–H groups in total. The monoisotopic (exact) mass is 438 g/mol. The predicted molar refractivity (Wildman–Crippen MR) is 110 cm³/mol. The Labute approximate surface area is 168 Å². The van der Waals surface area contributed by atoms with Crippen LogP contribution < -0.4 is 10.6 Å². The van der Waals surface area contributed by atoms with Crippen LogP contribution in [0.25, 0.3) is 11.0 Å². The maximum absolute atomic E-state index is 12.5. The zero-order valence-corrected chi connectivity index (χ0v) is 16.4. The molecule has 7 heteroatoms. The summed E-state index contributed by atoms with van der Waals surface area (Å²) in [5.74, 6) is -0.256. The van der Waals surface area contributed by atoms with Crippen LogP contribution >= 0.6 is 15.9 Å². The number of furan rings is 2. The van der Waals surface area contributed by atoms with Crippen molar-refractivity contribution in [1.29, 1.82) is 0 Å². The molecule has 4 aromatic rings. The highest BCUT2D eigenvalue weighted by molar-refractivity contribution is 9.10. The molecule has 0 bridgehead atoms. The second kappa shape index (κ2) is 7.36. The molecule has 2 aromatic carbocycles. The molecule has 140 valence electrons. The van der Waals surface area contributed by atoms with Gasteiger partial charge in [-0.1, -0.05) is 18.2 Å². The van der Waals surface area contributed by atoms with Crippen LogP contribution in [0.1, 0.15) is 26.7 Å². The highest BCUT2D eigenvalue weighted by Crippen LogP contribution is 2.24. The molecule has 0 saturated heterocycles. The van der Waals surface area contributed by atoms with E-state index in [4.69, 9.17) is 8.83 Å². The first-order valence-corrected chi connectivity index (χ1v) is 9.26. The lowest BCUT2D eigenvalue weighted by Gasteiger charge is -2.10. The van der Waals surface area contributed by atoms with Crippen molar-refractivity contribution < 1.29 is 18.4 Å². The van der Waals surface area contributed by atoms with Crippen molar-refractivity contribution in [3.63, 3.8) is 0 Å². The lowest BCUT2D eigenvalue weighted by Crippen LogP contribution is -2.13. The molecule has 2 heterocycles. The molecule has 0 aliphatic heterocycles. The van der Waals surface area contributed by atoms with E-state index in [1.165, 1.54) is 0 Å². The molecular weight excluding hydrogens is 424 g/mol. The Morgan fingerprint density at radius 1 is 0.857 bits per heavy atom. The second-order valence-electron chi connectivity index (χ2n) is 6.19. The summed E-state index contributed by atoms with van der Waals surface area (Å²) in [4.78, 5) is 24.7. The van der Waals surface area contributed by atoms with Crippen LogP contribution in [0.2, 0.25) is 0 Å². The number of nitrogens with one attached hydrogen (secondary N) is 2. The smallest absolute Gasteiger partial charge is 0.291 e. The number of fused-ring (bicyclic) bond motifs is 1. The highest BCUT2D eigenvalue weighted by Gasteiger charge is 2.15. The molecule has 0 aliphatic carbocycles. The van der Waals surface area contributed by atoms with Crippen LogP contribution in [0.3, 0.4) is 0 Å². The summed E-state index contributed by atoms with van der Waals surface area (Å²) >= 11 is 3.17. The van der Waals surface area contributed by atoms with Crippen LogP contribution in [0.5, 0.6) is 0 Å². The van der Waals surface area contributed by atoms with E-state index in [1.807, 2.05) is 31.2 Å². The molecule has 0 atom stereocenters. The molecule has 0 fully saturated rings. The van der Waals surface area contributed by atoms with Crippen molar-refractivity contribution in [2.75, 3.05) is 10.6 Å². The standard InChI is InChI=1S/C21H15BrN2O4/c1-12-10-14(23-20(25)17-8-9-19(22)28-17)6-7-15(12)24-21(26)18-11-13-4-2-3-5-16(13)27-18/h2-11H,1H3,(H,23,25)(H,24,26). The Kier molecular flexibility index (Phi) is 4.75. The number of amides is 2. The molecular formula is C21H15BrN2O4. The van der Waals surface area contributed by atoms with E-state index >= 15 is 0 Å². The fraction of sp³-hybridized carbons (Fsp3) is 0.0476. The van der Waals surface area contributed by atoms with E-state index in [9.17, 15) is 9.59 Å². The number of hydrogen-bond acceptors (Lipinski definition) is 4. The van der Waals surface area contributed by atoms with Gasteiger partial charge in [0.1, 0.15) is 5.58 Å². The Morgan fingerprint density at radius 3 is 2.36 bits per heavy atom. The SMILES string of the molecule is Cc1cc(NC(=O)c2ccc(Br)o2)ccc1NC(=O)c1cc2ccccc2o1. The third-order valence-corrected chi connectivity index (χ3v) is 4.60. The zero-order valence-electron chi connectivity index (χ0n) is 14.8. The summed E-state index contributed by atoms with van der Waals surface area (Å²) < 4.78 is 11.3. The van der Waals surface area contributed by atoms with E-state index in [1.54, 1.807) is 36.4 Å². The van der Waals surface area contributed by atoms with Gasteiger partial charge in [0.15, 0.2) is 16.2 Å². The van der Waals surface area contributed by atoms with Crippen molar-refractivity contribution in [3.8, 4) is 0 Å². The molecule has 2 aromatic heterocycles. The number of carbonyl (C=O) groups is 2. The van der Waals surface area contributed by atoms with E-state index in [2.05, 4.69) is 26.6 Å². The summed E-state index contributed by atoms with van der Waals surface area (Å²) in [6.45, 7) is 1.84. The Balaban J connectivity index is 1.48. The summed E-state index contributed by atoms with van der Waals surface area (Å²) in [6, 6.07) is 17.6. The van der Waals surface area contributed by atoms with E-state index < -0.39 is 0 Å². The molecule has 0 saturated carbocycles. The molecule has 6 nitrogen and oxygen atoms in total. The minimum atomic E-state index is -0.357. The van der Waals surface area contributed by atoms with Crippen LogP contribution in [-0.2, 0) is 0 Å². The van der Waals surface area contributed by atoms with Gasteiger partial charge in [0.05, 0.1) is 0 Å². The number of rotatable bonds is 4. The van der Waals surface area contributed by atoms with Gasteiger partial charge in [0.2, 0.25) is 0 Å². The quantitative estimate of drug-likeness (QED) is 0.434. The van der Waals surface area contributed by atoms with Crippen molar-refractivity contribution in [1.82, 2.24) is 0 Å². The van der Waals surface area contributed by atoms with Crippen LogP contribution in [0, 0.1) is 6.92 Å². The summed E-state index contributed by atoms with van der Waals surface area (Å²) in [5.41, 5.74) is 2.68. The molecule has 2 amide bonds. The van der Waals surface area contributed by atoms with E-state index in [0.29, 0.717) is 21.6 Å². The average Bonchev–Trinajstić information content (AvgIpc) is 3.30. The van der Waals surface area contributed by atoms with Crippen molar-refractivity contribution >= 4 is 50.1 Å². The van der Waals surface area contributed by atoms with Gasteiger partial charge in [-0.05, 0) is 70.9 Å². The van der Waals surface area contributed by atoms with Crippen molar-refractivity contribution in [3.05, 3.63) is 82.4 Å². The third-order valence-electron chi connectivity index (χ3n) is 4.18. The average molecular weight is 439 g/mol. The topological polar surface area (TPSA) is 84.5 Å². The highest BCUT2D eigenvalue weighted by atomic mass is 79.9. The number of carbonyl (C=O) groups excluding carboxylic acids is 2. The Morgan fingerprint density at radius 2 is 1.64 bits per heavy atom. The maximum atomic E-state index is 12.5. The van der Waals surface area contributed by atoms with Crippen LogP contribution in [-0.4, -0.2) is 11.8 Å². The van der Waals surface area contributed by atoms with E-state index in [0.717, 1.165) is 10.9 Å². The number of hydrogen-bond donors (Lipinski definition) is 2. The fourth-order valence-corrected chi connectivity index (χ4v) is 3.09.